The Bertz CT molecular complexity index is 712. The fraction of sp³-hybridized carbons (Fsp3) is 0.533. The lowest BCUT2D eigenvalue weighted by atomic mass is 9.61. The average Bonchev–Trinajstić information content (AvgIpc) is 2.85. The van der Waals surface area contributed by atoms with E-state index in [1.54, 1.807) is 24.3 Å². The van der Waals surface area contributed by atoms with Gasteiger partial charge in [-0.25, -0.2) is 8.42 Å². The van der Waals surface area contributed by atoms with E-state index in [0.29, 0.717) is 11.4 Å². The number of aryl methyl sites for hydroxylation is 1. The molecule has 4 rings (SSSR count). The molecule has 1 saturated carbocycles. The van der Waals surface area contributed by atoms with E-state index in [1.807, 2.05) is 6.92 Å². The minimum atomic E-state index is -3.57. The molecule has 0 N–H and O–H groups in total. The molecule has 0 bridgehead atoms. The highest BCUT2D eigenvalue weighted by atomic mass is 32.2. The Labute approximate surface area is 123 Å². The average molecular weight is 307 g/mol. The van der Waals surface area contributed by atoms with Crippen LogP contribution >= 0.6 is 0 Å². The van der Waals surface area contributed by atoms with E-state index in [-0.39, 0.29) is 24.4 Å². The van der Waals surface area contributed by atoms with Gasteiger partial charge in [-0.3, -0.25) is 4.79 Å². The topological polar surface area (TPSA) is 63.7 Å². The largest absolute Gasteiger partial charge is 0.463 e. The third-order valence-electron chi connectivity index (χ3n) is 5.31. The highest BCUT2D eigenvalue weighted by molar-refractivity contribution is 7.89. The van der Waals surface area contributed by atoms with Gasteiger partial charge < -0.3 is 4.74 Å². The Hall–Kier alpha value is -1.40. The number of hydrogen-bond acceptors (Lipinski definition) is 4. The Balaban J connectivity index is 1.76. The second-order valence-electron chi connectivity index (χ2n) is 6.26. The zero-order valence-electron chi connectivity index (χ0n) is 11.8. The Morgan fingerprint density at radius 2 is 2.00 bits per heavy atom. The van der Waals surface area contributed by atoms with Gasteiger partial charge in [-0.2, -0.15) is 4.31 Å². The molecule has 2 saturated heterocycles. The van der Waals surface area contributed by atoms with Gasteiger partial charge in [-0.05, 0) is 37.8 Å². The fourth-order valence-corrected chi connectivity index (χ4v) is 5.96. The molecule has 0 aromatic heterocycles. The van der Waals surface area contributed by atoms with Crippen molar-refractivity contribution < 1.29 is 17.9 Å². The number of sulfonamides is 1. The summed E-state index contributed by atoms with van der Waals surface area (Å²) in [7, 11) is -3.57. The lowest BCUT2D eigenvalue weighted by Crippen LogP contribution is -2.62. The van der Waals surface area contributed by atoms with Crippen LogP contribution in [0.25, 0.3) is 0 Å². The fourth-order valence-electron chi connectivity index (χ4n) is 4.10. The number of nitrogens with zero attached hydrogens (tertiary/aromatic N) is 1. The highest BCUT2D eigenvalue weighted by Gasteiger charge is 2.71. The van der Waals surface area contributed by atoms with Crippen LogP contribution in [-0.2, 0) is 19.6 Å². The van der Waals surface area contributed by atoms with Crippen molar-refractivity contribution >= 4 is 16.0 Å². The summed E-state index contributed by atoms with van der Waals surface area (Å²) in [5.74, 6) is -0.253. The molecule has 6 heteroatoms. The normalized spacial score (nSPS) is 35.0. The van der Waals surface area contributed by atoms with Crippen LogP contribution in [0.1, 0.15) is 18.4 Å². The van der Waals surface area contributed by atoms with Gasteiger partial charge >= 0.3 is 5.97 Å². The molecule has 21 heavy (non-hydrogen) atoms. The standard InChI is InChI=1S/C15H17NO4S/c1-10-2-4-12(5-3-10)21(18,19)16-7-6-11-8-13-14(17)20-9-15(11,13)16/h2-5,11,13H,6-9H2,1H3/t11-,13+,15-/m1/s1. The van der Waals surface area contributed by atoms with Crippen LogP contribution in [0.2, 0.25) is 0 Å². The van der Waals surface area contributed by atoms with Crippen LogP contribution in [-0.4, -0.2) is 37.4 Å². The van der Waals surface area contributed by atoms with Gasteiger partial charge in [0.15, 0.2) is 0 Å². The monoisotopic (exact) mass is 307 g/mol. The SMILES string of the molecule is Cc1ccc(S(=O)(=O)N2CC[C@@H]3C[C@H]4C(=O)OC[C@@]342)cc1. The quantitative estimate of drug-likeness (QED) is 0.773. The Morgan fingerprint density at radius 1 is 1.29 bits per heavy atom. The number of benzene rings is 1. The van der Waals surface area contributed by atoms with Gasteiger partial charge in [0.2, 0.25) is 10.0 Å². The molecule has 3 fully saturated rings. The van der Waals surface area contributed by atoms with E-state index >= 15 is 0 Å². The molecule has 1 spiro atoms. The summed E-state index contributed by atoms with van der Waals surface area (Å²) in [4.78, 5) is 12.1. The third-order valence-corrected chi connectivity index (χ3v) is 7.29. The molecule has 2 heterocycles. The molecular formula is C15H17NO4S. The van der Waals surface area contributed by atoms with E-state index in [2.05, 4.69) is 0 Å². The van der Waals surface area contributed by atoms with Crippen LogP contribution in [0.3, 0.4) is 0 Å². The highest BCUT2D eigenvalue weighted by Crippen LogP contribution is 2.59. The first-order valence-corrected chi connectivity index (χ1v) is 8.66. The van der Waals surface area contributed by atoms with Crippen LogP contribution in [0, 0.1) is 18.8 Å². The Morgan fingerprint density at radius 3 is 2.67 bits per heavy atom. The first kappa shape index (κ1) is 13.3. The molecule has 3 aliphatic rings. The van der Waals surface area contributed by atoms with Crippen LogP contribution in [0.15, 0.2) is 29.2 Å². The van der Waals surface area contributed by atoms with E-state index in [1.165, 1.54) is 4.31 Å². The zero-order valence-corrected chi connectivity index (χ0v) is 12.6. The van der Waals surface area contributed by atoms with Crippen molar-refractivity contribution in [2.75, 3.05) is 13.2 Å². The summed E-state index contributed by atoms with van der Waals surface area (Å²) in [6.07, 6.45) is 1.58. The molecule has 3 atom stereocenters. The molecule has 0 radical (unpaired) electrons. The first-order chi connectivity index (χ1) is 9.96. The maximum Gasteiger partial charge on any atom is 0.311 e. The summed E-state index contributed by atoms with van der Waals surface area (Å²) in [6, 6.07) is 6.87. The second-order valence-corrected chi connectivity index (χ2v) is 8.13. The van der Waals surface area contributed by atoms with E-state index in [0.717, 1.165) is 18.4 Å². The predicted molar refractivity (Wildman–Crippen MR) is 75.0 cm³/mol. The van der Waals surface area contributed by atoms with Crippen molar-refractivity contribution in [1.29, 1.82) is 0 Å². The van der Waals surface area contributed by atoms with Crippen molar-refractivity contribution in [3.63, 3.8) is 0 Å². The summed E-state index contributed by atoms with van der Waals surface area (Å²) in [5, 5.41) is 0. The number of carbonyl (C=O) groups is 1. The minimum absolute atomic E-state index is 0.215. The lowest BCUT2D eigenvalue weighted by molar-refractivity contribution is -0.143. The molecular weight excluding hydrogens is 290 g/mol. The number of carbonyl (C=O) groups excluding carboxylic acids is 1. The number of hydrogen-bond donors (Lipinski definition) is 0. The van der Waals surface area contributed by atoms with Crippen molar-refractivity contribution in [1.82, 2.24) is 4.31 Å². The number of esters is 1. The zero-order chi connectivity index (χ0) is 14.8. The van der Waals surface area contributed by atoms with Gasteiger partial charge in [0.25, 0.3) is 0 Å². The molecule has 1 aromatic carbocycles. The van der Waals surface area contributed by atoms with Crippen LogP contribution < -0.4 is 0 Å². The van der Waals surface area contributed by atoms with Crippen molar-refractivity contribution in [3.8, 4) is 0 Å². The van der Waals surface area contributed by atoms with Crippen LogP contribution in [0.5, 0.6) is 0 Å². The summed E-state index contributed by atoms with van der Waals surface area (Å²) in [6.45, 7) is 2.62. The summed E-state index contributed by atoms with van der Waals surface area (Å²) >= 11 is 0. The van der Waals surface area contributed by atoms with Gasteiger partial charge in [0.1, 0.15) is 6.61 Å². The number of rotatable bonds is 2. The van der Waals surface area contributed by atoms with Crippen molar-refractivity contribution in [3.05, 3.63) is 29.8 Å². The molecule has 2 aliphatic heterocycles. The van der Waals surface area contributed by atoms with Gasteiger partial charge in [-0.15, -0.1) is 0 Å². The summed E-state index contributed by atoms with van der Waals surface area (Å²) in [5.41, 5.74) is 0.410. The summed E-state index contributed by atoms with van der Waals surface area (Å²) < 4.78 is 32.6. The van der Waals surface area contributed by atoms with Gasteiger partial charge in [0, 0.05) is 6.54 Å². The maximum atomic E-state index is 12.9. The molecule has 0 amide bonds. The lowest BCUT2D eigenvalue weighted by Gasteiger charge is -2.48. The number of ether oxygens (including phenoxy) is 1. The third kappa shape index (κ3) is 1.54. The van der Waals surface area contributed by atoms with Crippen LogP contribution in [0.4, 0.5) is 0 Å². The molecule has 5 nitrogen and oxygen atoms in total. The predicted octanol–water partition coefficient (Wildman–Crippen LogP) is 1.32. The molecule has 1 aromatic rings. The first-order valence-electron chi connectivity index (χ1n) is 7.22. The van der Waals surface area contributed by atoms with Gasteiger partial charge in [-0.1, -0.05) is 17.7 Å². The Kier molecular flexibility index (Phi) is 2.58. The van der Waals surface area contributed by atoms with E-state index < -0.39 is 15.6 Å². The molecule has 1 aliphatic carbocycles. The van der Waals surface area contributed by atoms with E-state index in [4.69, 9.17) is 4.74 Å². The second kappa shape index (κ2) is 4.08. The number of cyclic esters (lactones) is 1. The van der Waals surface area contributed by atoms with Crippen molar-refractivity contribution in [2.24, 2.45) is 11.8 Å². The maximum absolute atomic E-state index is 12.9. The molecule has 112 valence electrons. The van der Waals surface area contributed by atoms with Crippen molar-refractivity contribution in [2.45, 2.75) is 30.2 Å². The minimum Gasteiger partial charge on any atom is -0.463 e. The molecule has 0 unspecified atom stereocenters. The van der Waals surface area contributed by atoms with E-state index in [9.17, 15) is 13.2 Å². The smallest absolute Gasteiger partial charge is 0.311 e. The van der Waals surface area contributed by atoms with Gasteiger partial charge in [0.05, 0.1) is 16.4 Å².